The van der Waals surface area contributed by atoms with Crippen molar-refractivity contribution in [2.24, 2.45) is 0 Å². The molecule has 0 unspecified atom stereocenters. The summed E-state index contributed by atoms with van der Waals surface area (Å²) in [5, 5.41) is 19.0. The van der Waals surface area contributed by atoms with Gasteiger partial charge >= 0.3 is 0 Å². The van der Waals surface area contributed by atoms with Crippen LogP contribution < -0.4 is 0 Å². The summed E-state index contributed by atoms with van der Waals surface area (Å²) in [7, 11) is 0. The van der Waals surface area contributed by atoms with Crippen LogP contribution in [0, 0.1) is 0 Å². The lowest BCUT2D eigenvalue weighted by Gasteiger charge is -2.13. The fraction of sp³-hybridized carbons (Fsp3) is 0.294. The van der Waals surface area contributed by atoms with Crippen LogP contribution in [0.25, 0.3) is 11.1 Å². The summed E-state index contributed by atoms with van der Waals surface area (Å²) in [4.78, 5) is 0. The van der Waals surface area contributed by atoms with E-state index in [1.54, 1.807) is 0 Å². The molecule has 1 heterocycles. The van der Waals surface area contributed by atoms with Crippen LogP contribution in [0.1, 0.15) is 18.1 Å². The highest BCUT2D eigenvalue weighted by Crippen LogP contribution is 2.34. The van der Waals surface area contributed by atoms with Crippen molar-refractivity contribution in [3.05, 3.63) is 60.2 Å². The summed E-state index contributed by atoms with van der Waals surface area (Å²) in [5.74, 6) is 0. The van der Waals surface area contributed by atoms with Crippen LogP contribution in [0.15, 0.2) is 54.6 Å². The first kappa shape index (κ1) is 13.3. The molecule has 0 aromatic heterocycles. The standard InChI is InChI=1S/C17H18O3/c18-11-17-15(19)10-16(20-17)14-8-4-7-13(9-14)12-5-2-1-3-6-12/h1-9,15-19H,10-11H2/t15-,16+,17+/m0/s1. The third-order valence-electron chi connectivity index (χ3n) is 3.77. The van der Waals surface area contributed by atoms with E-state index in [0.29, 0.717) is 6.42 Å². The van der Waals surface area contributed by atoms with Gasteiger partial charge in [-0.25, -0.2) is 0 Å². The Morgan fingerprint density at radius 2 is 1.75 bits per heavy atom. The number of hydrogen-bond donors (Lipinski definition) is 2. The summed E-state index contributed by atoms with van der Waals surface area (Å²) in [6, 6.07) is 18.3. The molecule has 3 atom stereocenters. The number of hydrogen-bond acceptors (Lipinski definition) is 3. The molecule has 0 bridgehead atoms. The summed E-state index contributed by atoms with van der Waals surface area (Å²) >= 11 is 0. The summed E-state index contributed by atoms with van der Waals surface area (Å²) in [6.07, 6.45) is -0.680. The lowest BCUT2D eigenvalue weighted by molar-refractivity contribution is -0.0225. The molecule has 0 radical (unpaired) electrons. The zero-order valence-electron chi connectivity index (χ0n) is 11.1. The highest BCUT2D eigenvalue weighted by atomic mass is 16.5. The second-order valence-electron chi connectivity index (χ2n) is 5.14. The molecular formula is C17H18O3. The first-order chi connectivity index (χ1) is 9.78. The van der Waals surface area contributed by atoms with E-state index in [4.69, 9.17) is 9.84 Å². The Hall–Kier alpha value is -1.68. The van der Waals surface area contributed by atoms with Gasteiger partial charge in [0.1, 0.15) is 6.10 Å². The van der Waals surface area contributed by atoms with Crippen molar-refractivity contribution in [3.63, 3.8) is 0 Å². The van der Waals surface area contributed by atoms with E-state index in [-0.39, 0.29) is 12.7 Å². The van der Waals surface area contributed by atoms with Crippen molar-refractivity contribution in [1.29, 1.82) is 0 Å². The van der Waals surface area contributed by atoms with E-state index in [0.717, 1.165) is 16.7 Å². The molecule has 1 saturated heterocycles. The van der Waals surface area contributed by atoms with Crippen LogP contribution in [-0.4, -0.2) is 29.0 Å². The SMILES string of the molecule is OC[C@H]1O[C@@H](c2cccc(-c3ccccc3)c2)C[C@@H]1O. The zero-order valence-corrected chi connectivity index (χ0v) is 11.1. The summed E-state index contributed by atoms with van der Waals surface area (Å²) < 4.78 is 5.70. The molecule has 2 aromatic carbocycles. The second kappa shape index (κ2) is 5.75. The maximum atomic E-state index is 9.82. The van der Waals surface area contributed by atoms with E-state index in [2.05, 4.69) is 24.3 Å². The molecule has 3 nitrogen and oxygen atoms in total. The van der Waals surface area contributed by atoms with Gasteiger partial charge < -0.3 is 14.9 Å². The van der Waals surface area contributed by atoms with Crippen molar-refractivity contribution in [2.75, 3.05) is 6.61 Å². The average Bonchev–Trinajstić information content (AvgIpc) is 2.89. The van der Waals surface area contributed by atoms with Gasteiger partial charge in [-0.15, -0.1) is 0 Å². The minimum Gasteiger partial charge on any atom is -0.394 e. The van der Waals surface area contributed by atoms with Crippen LogP contribution in [0.5, 0.6) is 0 Å². The molecule has 0 spiro atoms. The number of aliphatic hydroxyl groups is 2. The maximum Gasteiger partial charge on any atom is 0.107 e. The van der Waals surface area contributed by atoms with Crippen molar-refractivity contribution >= 4 is 0 Å². The van der Waals surface area contributed by atoms with Gasteiger partial charge in [0.05, 0.1) is 18.8 Å². The second-order valence-corrected chi connectivity index (χ2v) is 5.14. The van der Waals surface area contributed by atoms with Crippen LogP contribution in [-0.2, 0) is 4.74 Å². The number of aliphatic hydroxyl groups excluding tert-OH is 2. The van der Waals surface area contributed by atoms with Gasteiger partial charge in [-0.05, 0) is 22.8 Å². The molecule has 0 aliphatic carbocycles. The van der Waals surface area contributed by atoms with Gasteiger partial charge in [0.25, 0.3) is 0 Å². The fourth-order valence-electron chi connectivity index (χ4n) is 2.66. The van der Waals surface area contributed by atoms with E-state index >= 15 is 0 Å². The van der Waals surface area contributed by atoms with Crippen molar-refractivity contribution in [3.8, 4) is 11.1 Å². The van der Waals surface area contributed by atoms with Crippen molar-refractivity contribution in [2.45, 2.75) is 24.7 Å². The maximum absolute atomic E-state index is 9.82. The number of ether oxygens (including phenoxy) is 1. The molecule has 2 aromatic rings. The number of benzene rings is 2. The Bertz CT molecular complexity index is 567. The molecule has 2 N–H and O–H groups in total. The van der Waals surface area contributed by atoms with Gasteiger partial charge in [0, 0.05) is 6.42 Å². The average molecular weight is 270 g/mol. The molecule has 1 aliphatic heterocycles. The summed E-state index contributed by atoms with van der Waals surface area (Å²) in [5.41, 5.74) is 3.33. The first-order valence-electron chi connectivity index (χ1n) is 6.87. The molecular weight excluding hydrogens is 252 g/mol. The zero-order chi connectivity index (χ0) is 13.9. The van der Waals surface area contributed by atoms with Gasteiger partial charge in [-0.1, -0.05) is 48.5 Å². The summed E-state index contributed by atoms with van der Waals surface area (Å²) in [6.45, 7) is -0.143. The predicted octanol–water partition coefficient (Wildman–Crippen LogP) is 2.54. The third kappa shape index (κ3) is 2.61. The van der Waals surface area contributed by atoms with Crippen molar-refractivity contribution in [1.82, 2.24) is 0 Å². The molecule has 3 rings (SSSR count). The molecule has 1 aliphatic rings. The lowest BCUT2D eigenvalue weighted by Crippen LogP contribution is -2.24. The Kier molecular flexibility index (Phi) is 3.83. The van der Waals surface area contributed by atoms with Crippen LogP contribution in [0.4, 0.5) is 0 Å². The fourth-order valence-corrected chi connectivity index (χ4v) is 2.66. The number of rotatable bonds is 3. The Morgan fingerprint density at radius 3 is 2.45 bits per heavy atom. The largest absolute Gasteiger partial charge is 0.394 e. The topological polar surface area (TPSA) is 49.7 Å². The molecule has 1 fully saturated rings. The van der Waals surface area contributed by atoms with Crippen LogP contribution >= 0.6 is 0 Å². The minimum absolute atomic E-state index is 0.143. The predicted molar refractivity (Wildman–Crippen MR) is 77.2 cm³/mol. The minimum atomic E-state index is -0.592. The van der Waals surface area contributed by atoms with Gasteiger partial charge in [0.15, 0.2) is 0 Å². The molecule has 0 saturated carbocycles. The smallest absolute Gasteiger partial charge is 0.107 e. The Morgan fingerprint density at radius 1 is 1.00 bits per heavy atom. The molecule has 20 heavy (non-hydrogen) atoms. The van der Waals surface area contributed by atoms with E-state index in [9.17, 15) is 5.11 Å². The quantitative estimate of drug-likeness (QED) is 0.901. The van der Waals surface area contributed by atoms with Crippen LogP contribution in [0.3, 0.4) is 0 Å². The highest BCUT2D eigenvalue weighted by Gasteiger charge is 2.34. The molecule has 0 amide bonds. The van der Waals surface area contributed by atoms with E-state index in [1.807, 2.05) is 30.3 Å². The molecule has 104 valence electrons. The Labute approximate surface area is 118 Å². The normalized spacial score (nSPS) is 25.8. The monoisotopic (exact) mass is 270 g/mol. The van der Waals surface area contributed by atoms with E-state index < -0.39 is 12.2 Å². The highest BCUT2D eigenvalue weighted by molar-refractivity contribution is 5.64. The van der Waals surface area contributed by atoms with Gasteiger partial charge in [-0.2, -0.15) is 0 Å². The molecule has 3 heteroatoms. The van der Waals surface area contributed by atoms with Gasteiger partial charge in [0.2, 0.25) is 0 Å². The van der Waals surface area contributed by atoms with Crippen molar-refractivity contribution < 1.29 is 14.9 Å². The van der Waals surface area contributed by atoms with E-state index in [1.165, 1.54) is 0 Å². The Balaban J connectivity index is 1.86. The lowest BCUT2D eigenvalue weighted by atomic mass is 9.99. The van der Waals surface area contributed by atoms with Gasteiger partial charge in [-0.3, -0.25) is 0 Å². The van der Waals surface area contributed by atoms with Crippen LogP contribution in [0.2, 0.25) is 0 Å². The third-order valence-corrected chi connectivity index (χ3v) is 3.77. The first-order valence-corrected chi connectivity index (χ1v) is 6.87.